The van der Waals surface area contributed by atoms with Crippen molar-refractivity contribution in [2.45, 2.75) is 58.7 Å². The number of halogens is 1. The third-order valence-electron chi connectivity index (χ3n) is 5.35. The maximum Gasteiger partial charge on any atom is 0.318 e. The highest BCUT2D eigenvalue weighted by atomic mass is 19.1. The Morgan fingerprint density at radius 1 is 1.22 bits per heavy atom. The number of hydrogen-bond donors (Lipinski definition) is 1. The van der Waals surface area contributed by atoms with E-state index in [9.17, 15) is 9.18 Å². The van der Waals surface area contributed by atoms with Crippen LogP contribution in [0.3, 0.4) is 0 Å². The number of urea groups is 1. The van der Waals surface area contributed by atoms with Gasteiger partial charge in [0.05, 0.1) is 23.5 Å². The van der Waals surface area contributed by atoms with E-state index >= 15 is 0 Å². The van der Waals surface area contributed by atoms with E-state index in [0.29, 0.717) is 24.6 Å². The molecule has 0 bridgehead atoms. The van der Waals surface area contributed by atoms with E-state index in [0.717, 1.165) is 29.8 Å². The molecule has 0 spiro atoms. The summed E-state index contributed by atoms with van der Waals surface area (Å²) in [4.78, 5) is 14.8. The van der Waals surface area contributed by atoms with Gasteiger partial charge in [-0.1, -0.05) is 31.2 Å². The number of benzene rings is 2. The number of nitrogens with one attached hydrogen (secondary N) is 1. The van der Waals surface area contributed by atoms with Crippen LogP contribution >= 0.6 is 0 Å². The molecule has 2 aromatic carbocycles. The number of aryl methyl sites for hydroxylation is 1. The number of para-hydroxylation sites is 1. The first-order chi connectivity index (χ1) is 15.5. The number of amides is 2. The van der Waals surface area contributed by atoms with Gasteiger partial charge in [0.25, 0.3) is 0 Å². The molecule has 6 nitrogen and oxygen atoms in total. The van der Waals surface area contributed by atoms with Crippen molar-refractivity contribution in [3.8, 4) is 17.3 Å². The molecule has 0 radical (unpaired) electrons. The summed E-state index contributed by atoms with van der Waals surface area (Å²) in [7, 11) is 0. The molecule has 1 heterocycles. The van der Waals surface area contributed by atoms with E-state index in [-0.39, 0.29) is 23.9 Å². The first-order valence-electron chi connectivity index (χ1n) is 11.1. The van der Waals surface area contributed by atoms with Crippen LogP contribution in [0.25, 0.3) is 5.69 Å². The van der Waals surface area contributed by atoms with Gasteiger partial charge in [0.15, 0.2) is 0 Å². The van der Waals surface area contributed by atoms with Crippen molar-refractivity contribution in [2.75, 3.05) is 0 Å². The number of aromatic nitrogens is 2. The number of rotatable bonds is 8. The second-order valence-corrected chi connectivity index (χ2v) is 8.35. The van der Waals surface area contributed by atoms with Gasteiger partial charge < -0.3 is 15.0 Å². The molecule has 1 fully saturated rings. The molecule has 0 unspecified atom stereocenters. The summed E-state index contributed by atoms with van der Waals surface area (Å²) in [6, 6.07) is 15.9. The number of hydrogen-bond acceptors (Lipinski definition) is 3. The Bertz CT molecular complexity index is 1080. The molecule has 2 amide bonds. The number of ether oxygens (including phenoxy) is 1. The summed E-state index contributed by atoms with van der Waals surface area (Å²) in [5.74, 6) is 0.513. The monoisotopic (exact) mass is 436 g/mol. The standard InChI is InChI=1S/C25H29FN4O2/c1-4-23-22(16-29(19-13-14-19)25(31)27-17(2)3)24(32-21-12-8-9-18(26)15-21)30(28-23)20-10-6-5-7-11-20/h5-12,15,17,19H,4,13-14,16H2,1-3H3,(H,27,31). The zero-order valence-electron chi connectivity index (χ0n) is 18.7. The number of carbonyl (C=O) groups excluding carboxylic acids is 1. The lowest BCUT2D eigenvalue weighted by Crippen LogP contribution is -2.43. The third kappa shape index (κ3) is 4.93. The molecule has 0 aliphatic heterocycles. The average molecular weight is 437 g/mol. The summed E-state index contributed by atoms with van der Waals surface area (Å²) < 4.78 is 21.8. The SMILES string of the molecule is CCc1nn(-c2ccccc2)c(Oc2cccc(F)c2)c1CN(C(=O)NC(C)C)C1CC1. The van der Waals surface area contributed by atoms with Crippen LogP contribution in [0.2, 0.25) is 0 Å². The van der Waals surface area contributed by atoms with Gasteiger partial charge in [-0.25, -0.2) is 13.9 Å². The van der Waals surface area contributed by atoms with Crippen molar-refractivity contribution < 1.29 is 13.9 Å². The van der Waals surface area contributed by atoms with Gasteiger partial charge >= 0.3 is 6.03 Å². The van der Waals surface area contributed by atoms with Crippen LogP contribution in [0.5, 0.6) is 11.6 Å². The predicted octanol–water partition coefficient (Wildman–Crippen LogP) is 5.45. The van der Waals surface area contributed by atoms with Crippen molar-refractivity contribution in [2.24, 2.45) is 0 Å². The molecule has 1 aromatic heterocycles. The minimum Gasteiger partial charge on any atom is -0.438 e. The van der Waals surface area contributed by atoms with Crippen molar-refractivity contribution >= 4 is 6.03 Å². The molecule has 0 atom stereocenters. The Morgan fingerprint density at radius 2 is 1.97 bits per heavy atom. The fourth-order valence-corrected chi connectivity index (χ4v) is 3.67. The van der Waals surface area contributed by atoms with Crippen molar-refractivity contribution in [1.82, 2.24) is 20.0 Å². The maximum absolute atomic E-state index is 13.9. The van der Waals surface area contributed by atoms with E-state index in [2.05, 4.69) is 5.32 Å². The molecule has 32 heavy (non-hydrogen) atoms. The first-order valence-corrected chi connectivity index (χ1v) is 11.1. The molecule has 1 saturated carbocycles. The van der Waals surface area contributed by atoms with Gasteiger partial charge in [0.2, 0.25) is 5.88 Å². The summed E-state index contributed by atoms with van der Waals surface area (Å²) >= 11 is 0. The van der Waals surface area contributed by atoms with Crippen LogP contribution in [-0.4, -0.2) is 32.8 Å². The number of nitrogens with zero attached hydrogens (tertiary/aromatic N) is 3. The maximum atomic E-state index is 13.9. The molecule has 168 valence electrons. The normalized spacial score (nSPS) is 13.3. The molecule has 1 aliphatic rings. The lowest BCUT2D eigenvalue weighted by Gasteiger charge is -2.24. The minimum absolute atomic E-state index is 0.0458. The second kappa shape index (κ2) is 9.42. The smallest absolute Gasteiger partial charge is 0.318 e. The van der Waals surface area contributed by atoms with Gasteiger partial charge in [-0.05, 0) is 57.4 Å². The molecular weight excluding hydrogens is 407 g/mol. The van der Waals surface area contributed by atoms with Gasteiger partial charge in [0.1, 0.15) is 11.6 Å². The Kier molecular flexibility index (Phi) is 6.44. The summed E-state index contributed by atoms with van der Waals surface area (Å²) in [6.45, 7) is 6.31. The summed E-state index contributed by atoms with van der Waals surface area (Å²) in [5.41, 5.74) is 2.53. The summed E-state index contributed by atoms with van der Waals surface area (Å²) in [6.07, 6.45) is 2.65. The Hall–Kier alpha value is -3.35. The fraction of sp³-hybridized carbons (Fsp3) is 0.360. The van der Waals surface area contributed by atoms with Gasteiger partial charge in [-0.3, -0.25) is 0 Å². The molecule has 1 aliphatic carbocycles. The highest BCUT2D eigenvalue weighted by Crippen LogP contribution is 2.35. The molecule has 7 heteroatoms. The van der Waals surface area contributed by atoms with Crippen molar-refractivity contribution in [1.29, 1.82) is 0 Å². The van der Waals surface area contributed by atoms with E-state index in [1.54, 1.807) is 16.8 Å². The van der Waals surface area contributed by atoms with Gasteiger partial charge in [-0.2, -0.15) is 5.10 Å². The van der Waals surface area contributed by atoms with Crippen LogP contribution < -0.4 is 10.1 Å². The lowest BCUT2D eigenvalue weighted by atomic mass is 10.2. The highest BCUT2D eigenvalue weighted by molar-refractivity contribution is 5.75. The lowest BCUT2D eigenvalue weighted by molar-refractivity contribution is 0.188. The molecule has 1 N–H and O–H groups in total. The second-order valence-electron chi connectivity index (χ2n) is 8.35. The topological polar surface area (TPSA) is 59.4 Å². The van der Waals surface area contributed by atoms with Gasteiger partial charge in [-0.15, -0.1) is 0 Å². The largest absolute Gasteiger partial charge is 0.438 e. The van der Waals surface area contributed by atoms with E-state index < -0.39 is 0 Å². The van der Waals surface area contributed by atoms with Gasteiger partial charge in [0, 0.05) is 18.2 Å². The number of carbonyl (C=O) groups is 1. The van der Waals surface area contributed by atoms with Crippen LogP contribution in [-0.2, 0) is 13.0 Å². The van der Waals surface area contributed by atoms with E-state index in [4.69, 9.17) is 9.84 Å². The molecule has 0 saturated heterocycles. The van der Waals surface area contributed by atoms with Crippen molar-refractivity contribution in [3.05, 3.63) is 71.7 Å². The molecule has 4 rings (SSSR count). The quantitative estimate of drug-likeness (QED) is 0.511. The van der Waals surface area contributed by atoms with E-state index in [1.807, 2.05) is 56.0 Å². The highest BCUT2D eigenvalue weighted by Gasteiger charge is 2.35. The average Bonchev–Trinajstić information content (AvgIpc) is 3.55. The van der Waals surface area contributed by atoms with Crippen molar-refractivity contribution in [3.63, 3.8) is 0 Å². The molecular formula is C25H29FN4O2. The van der Waals surface area contributed by atoms with E-state index in [1.165, 1.54) is 12.1 Å². The predicted molar refractivity (Wildman–Crippen MR) is 122 cm³/mol. The Morgan fingerprint density at radius 3 is 2.59 bits per heavy atom. The van der Waals surface area contributed by atoms with Crippen LogP contribution in [0.4, 0.5) is 9.18 Å². The molecule has 3 aromatic rings. The fourth-order valence-electron chi connectivity index (χ4n) is 3.67. The third-order valence-corrected chi connectivity index (χ3v) is 5.35. The zero-order chi connectivity index (χ0) is 22.7. The minimum atomic E-state index is -0.374. The Labute approximate surface area is 188 Å². The van der Waals surface area contributed by atoms with Crippen LogP contribution in [0.1, 0.15) is 44.9 Å². The van der Waals surface area contributed by atoms with Crippen LogP contribution in [0, 0.1) is 5.82 Å². The van der Waals surface area contributed by atoms with Crippen LogP contribution in [0.15, 0.2) is 54.6 Å². The Balaban J connectivity index is 1.77. The first kappa shape index (κ1) is 21.9. The zero-order valence-corrected chi connectivity index (χ0v) is 18.7. The summed E-state index contributed by atoms with van der Waals surface area (Å²) in [5, 5.41) is 7.82.